The summed E-state index contributed by atoms with van der Waals surface area (Å²) in [5.41, 5.74) is 2.60. The molecule has 0 atom stereocenters. The average Bonchev–Trinajstić information content (AvgIpc) is 2.62. The van der Waals surface area contributed by atoms with Gasteiger partial charge in [-0.2, -0.15) is 0 Å². The summed E-state index contributed by atoms with van der Waals surface area (Å²) in [6.07, 6.45) is 8.47. The molecule has 1 aromatic rings. The molecule has 0 aromatic carbocycles. The predicted octanol–water partition coefficient (Wildman–Crippen LogP) is 0.417. The molecule has 2 aliphatic rings. The van der Waals surface area contributed by atoms with E-state index in [1.807, 2.05) is 18.2 Å². The fraction of sp³-hybridized carbons (Fsp3) is 0. The van der Waals surface area contributed by atoms with Crippen molar-refractivity contribution in [3.63, 3.8) is 0 Å². The van der Waals surface area contributed by atoms with E-state index in [9.17, 15) is 4.79 Å². The molecule has 0 amide bonds. The minimum atomic E-state index is -0.0325. The number of fused-ring (bicyclic) bond motifs is 3. The van der Waals surface area contributed by atoms with Gasteiger partial charge >= 0.3 is 0 Å². The molecule has 0 saturated heterocycles. The van der Waals surface area contributed by atoms with Crippen LogP contribution in [-0.2, 0) is 0 Å². The van der Waals surface area contributed by atoms with Crippen LogP contribution in [0.3, 0.4) is 0 Å². The molecule has 0 radical (unpaired) electrons. The summed E-state index contributed by atoms with van der Waals surface area (Å²) in [4.78, 5) is 15.4. The van der Waals surface area contributed by atoms with Crippen molar-refractivity contribution >= 4 is 17.9 Å². The average molecular weight is 171 g/mol. The van der Waals surface area contributed by atoms with Gasteiger partial charge < -0.3 is 4.42 Å². The van der Waals surface area contributed by atoms with Gasteiger partial charge in [0.05, 0.1) is 5.56 Å². The van der Waals surface area contributed by atoms with Crippen molar-refractivity contribution < 1.29 is 9.21 Å². The van der Waals surface area contributed by atoms with Crippen LogP contribution in [0.1, 0.15) is 15.9 Å². The van der Waals surface area contributed by atoms with Gasteiger partial charge in [0.1, 0.15) is 5.42 Å². The lowest BCUT2D eigenvalue weighted by molar-refractivity contribution is 0.104. The van der Waals surface area contributed by atoms with Crippen molar-refractivity contribution in [2.24, 2.45) is 4.99 Å². The molecule has 2 heterocycles. The number of hydrogen-bond acceptors (Lipinski definition) is 3. The second-order valence-corrected chi connectivity index (χ2v) is 2.90. The third-order valence-corrected chi connectivity index (χ3v) is 2.13. The lowest BCUT2D eigenvalue weighted by atomic mass is 10.1. The highest BCUT2D eigenvalue weighted by molar-refractivity contribution is 6.07. The third kappa shape index (κ3) is 0.731. The molecule has 0 fully saturated rings. The molecule has 62 valence electrons. The third-order valence-electron chi connectivity index (χ3n) is 2.13. The summed E-state index contributed by atoms with van der Waals surface area (Å²) >= 11 is 0. The zero-order valence-corrected chi connectivity index (χ0v) is 6.65. The Kier molecular flexibility index (Phi) is 1.05. The number of nitrogens with zero attached hydrogens (tertiary/aromatic N) is 1. The van der Waals surface area contributed by atoms with E-state index in [4.69, 9.17) is 4.42 Å². The first-order valence-corrected chi connectivity index (χ1v) is 3.96. The molecule has 0 spiro atoms. The predicted molar refractivity (Wildman–Crippen MR) is 46.5 cm³/mol. The van der Waals surface area contributed by atoms with Gasteiger partial charge in [0.2, 0.25) is 5.55 Å². The molecule has 0 unspecified atom stereocenters. The number of ketones is 1. The van der Waals surface area contributed by atoms with E-state index in [1.54, 1.807) is 0 Å². The Labute approximate surface area is 73.4 Å². The van der Waals surface area contributed by atoms with Crippen LogP contribution in [0.2, 0.25) is 0 Å². The Morgan fingerprint density at radius 1 is 1.31 bits per heavy atom. The second kappa shape index (κ2) is 2.07. The normalized spacial score (nSPS) is 16.5. The van der Waals surface area contributed by atoms with Crippen LogP contribution in [0, 0.1) is 0 Å². The van der Waals surface area contributed by atoms with E-state index in [-0.39, 0.29) is 5.78 Å². The largest absolute Gasteiger partial charge is 0.438 e. The van der Waals surface area contributed by atoms with E-state index in [1.165, 1.54) is 12.3 Å². The van der Waals surface area contributed by atoms with Gasteiger partial charge in [0, 0.05) is 17.8 Å². The molecule has 3 rings (SSSR count). The maximum Gasteiger partial charge on any atom is 0.231 e. The molecule has 13 heavy (non-hydrogen) atoms. The zero-order valence-electron chi connectivity index (χ0n) is 6.65. The Morgan fingerprint density at radius 3 is 3.15 bits per heavy atom. The number of furan rings is 1. The van der Waals surface area contributed by atoms with Gasteiger partial charge in [-0.3, -0.25) is 4.79 Å². The Hall–Kier alpha value is -1.90. The minimum absolute atomic E-state index is 0.0325. The summed E-state index contributed by atoms with van der Waals surface area (Å²) in [5.74, 6) is -0.0325. The van der Waals surface area contributed by atoms with Gasteiger partial charge in [-0.15, -0.1) is 0 Å². The van der Waals surface area contributed by atoms with Crippen LogP contribution in [0.15, 0.2) is 27.8 Å². The van der Waals surface area contributed by atoms with Crippen molar-refractivity contribution in [2.45, 2.75) is 0 Å². The van der Waals surface area contributed by atoms with Gasteiger partial charge in [0.25, 0.3) is 0 Å². The first-order chi connectivity index (χ1) is 6.36. The Balaban J connectivity index is 2.52. The van der Waals surface area contributed by atoms with Crippen LogP contribution in [-0.4, -0.2) is 5.78 Å². The summed E-state index contributed by atoms with van der Waals surface area (Å²) in [6, 6.07) is 0. The second-order valence-electron chi connectivity index (χ2n) is 2.90. The number of allylic oxidation sites excluding steroid dienone is 2. The number of carbonyl (C=O) groups excluding carboxylic acids is 1. The first kappa shape index (κ1) is 6.60. The fourth-order valence-corrected chi connectivity index (χ4v) is 1.55. The molecule has 0 N–H and O–H groups in total. The summed E-state index contributed by atoms with van der Waals surface area (Å²) in [6.45, 7) is 0. The van der Waals surface area contributed by atoms with E-state index in [0.717, 1.165) is 11.0 Å². The van der Waals surface area contributed by atoms with Crippen LogP contribution in [0.4, 0.5) is 0 Å². The van der Waals surface area contributed by atoms with Crippen molar-refractivity contribution in [1.29, 1.82) is 0 Å². The van der Waals surface area contributed by atoms with Crippen LogP contribution in [0.25, 0.3) is 12.2 Å². The monoisotopic (exact) mass is 171 g/mol. The van der Waals surface area contributed by atoms with E-state index >= 15 is 0 Å². The molecule has 1 aliphatic heterocycles. The SMILES string of the molecule is O=C1C=CN=c2oc3c(c21)C=CC=3. The van der Waals surface area contributed by atoms with Crippen molar-refractivity contribution in [3.8, 4) is 0 Å². The van der Waals surface area contributed by atoms with E-state index < -0.39 is 0 Å². The molecule has 3 heteroatoms. The Morgan fingerprint density at radius 2 is 2.23 bits per heavy atom. The molecular weight excluding hydrogens is 166 g/mol. The van der Waals surface area contributed by atoms with Crippen LogP contribution in [0.5, 0.6) is 0 Å². The highest BCUT2D eigenvalue weighted by Gasteiger charge is 2.19. The number of rotatable bonds is 0. The number of carbonyl (C=O) groups is 1. The highest BCUT2D eigenvalue weighted by atomic mass is 16.3. The van der Waals surface area contributed by atoms with Gasteiger partial charge in [-0.25, -0.2) is 4.99 Å². The maximum absolute atomic E-state index is 11.5. The molecule has 0 bridgehead atoms. The lowest BCUT2D eigenvalue weighted by Crippen LogP contribution is -2.13. The fourth-order valence-electron chi connectivity index (χ4n) is 1.55. The van der Waals surface area contributed by atoms with Crippen LogP contribution >= 0.6 is 0 Å². The van der Waals surface area contributed by atoms with Gasteiger partial charge in [-0.05, 0) is 6.08 Å². The molecular formula is C10H5NO2. The minimum Gasteiger partial charge on any atom is -0.438 e. The van der Waals surface area contributed by atoms with Crippen LogP contribution < -0.4 is 11.0 Å². The zero-order chi connectivity index (χ0) is 8.84. The molecule has 1 aliphatic carbocycles. The summed E-state index contributed by atoms with van der Waals surface area (Å²) in [5, 5.41) is 0. The number of hydrogen-bond donors (Lipinski definition) is 0. The smallest absolute Gasteiger partial charge is 0.231 e. The summed E-state index contributed by atoms with van der Waals surface area (Å²) in [7, 11) is 0. The van der Waals surface area contributed by atoms with Gasteiger partial charge in [-0.1, -0.05) is 12.2 Å². The quantitative estimate of drug-likeness (QED) is 0.567. The van der Waals surface area contributed by atoms with E-state index in [2.05, 4.69) is 4.99 Å². The Bertz CT molecular complexity index is 573. The molecule has 0 saturated carbocycles. The summed E-state index contributed by atoms with van der Waals surface area (Å²) < 4.78 is 5.36. The highest BCUT2D eigenvalue weighted by Crippen LogP contribution is 2.10. The standard InChI is InChI=1S/C10H5NO2/c12-7-4-5-11-10-9(7)6-2-1-3-8(6)13-10/h1-5H. The first-order valence-electron chi connectivity index (χ1n) is 3.96. The molecule has 1 aromatic heterocycles. The van der Waals surface area contributed by atoms with Crippen molar-refractivity contribution in [2.75, 3.05) is 0 Å². The van der Waals surface area contributed by atoms with Gasteiger partial charge in [0.15, 0.2) is 5.78 Å². The molecule has 3 nitrogen and oxygen atoms in total. The lowest BCUT2D eigenvalue weighted by Gasteiger charge is -1.94. The maximum atomic E-state index is 11.5. The van der Waals surface area contributed by atoms with Crippen molar-refractivity contribution in [1.82, 2.24) is 0 Å². The topological polar surface area (TPSA) is 42.6 Å². The van der Waals surface area contributed by atoms with E-state index in [0.29, 0.717) is 11.1 Å². The van der Waals surface area contributed by atoms with Crippen molar-refractivity contribution in [3.05, 3.63) is 40.4 Å².